The van der Waals surface area contributed by atoms with Gasteiger partial charge in [-0.1, -0.05) is 0 Å². The van der Waals surface area contributed by atoms with Crippen molar-refractivity contribution in [1.82, 2.24) is 10.2 Å². The van der Waals surface area contributed by atoms with E-state index in [9.17, 15) is 0 Å². The van der Waals surface area contributed by atoms with Gasteiger partial charge in [-0.3, -0.25) is 10.2 Å². The quantitative estimate of drug-likeness (QED) is 0.161. The van der Waals surface area contributed by atoms with Crippen molar-refractivity contribution in [1.29, 1.82) is 0 Å². The molecule has 32 heavy (non-hydrogen) atoms. The molecule has 2 N–H and O–H groups in total. The van der Waals surface area contributed by atoms with Gasteiger partial charge in [-0.05, 0) is 112 Å². The van der Waals surface area contributed by atoms with Gasteiger partial charge in [0.25, 0.3) is 23.6 Å². The van der Waals surface area contributed by atoms with Crippen LogP contribution in [0.1, 0.15) is 0 Å². The first kappa shape index (κ1) is 32.3. The highest BCUT2D eigenvalue weighted by Crippen LogP contribution is 2.86. The normalized spacial score (nSPS) is 31.7. The van der Waals surface area contributed by atoms with Crippen LogP contribution in [0, 0.1) is 0 Å². The molecule has 0 bridgehead atoms. The summed E-state index contributed by atoms with van der Waals surface area (Å²) in [6, 6.07) is 0. The maximum absolute atomic E-state index is 6.33. The summed E-state index contributed by atoms with van der Waals surface area (Å²) >= 11 is 60.6. The highest BCUT2D eigenvalue weighted by molar-refractivity contribution is 8.23. The second kappa shape index (κ2) is 13.0. The van der Waals surface area contributed by atoms with Crippen LogP contribution >= 0.6 is 149 Å². The van der Waals surface area contributed by atoms with Gasteiger partial charge >= 0.3 is 0 Å². The minimum atomic E-state index is -3.06. The largest absolute Gasteiger partial charge is 0.378 e. The van der Waals surface area contributed by atoms with Gasteiger partial charge in [0.15, 0.2) is 0 Å². The van der Waals surface area contributed by atoms with E-state index in [1.807, 2.05) is 0 Å². The van der Waals surface area contributed by atoms with E-state index in [-0.39, 0.29) is 13.2 Å². The van der Waals surface area contributed by atoms with E-state index in [0.29, 0.717) is 26.3 Å². The lowest BCUT2D eigenvalue weighted by atomic mass is 10.7. The van der Waals surface area contributed by atoms with Crippen LogP contribution in [0.25, 0.3) is 0 Å². The molecule has 2 rings (SSSR count). The molecular formula is C6H14Cl10N8O2P6. The number of nitrogens with zero attached hydrogens (tertiary/aromatic N) is 6. The number of hydrogen-bond acceptors (Lipinski definition) is 10. The van der Waals surface area contributed by atoms with Gasteiger partial charge in [0.05, 0.1) is 26.4 Å². The summed E-state index contributed by atoms with van der Waals surface area (Å²) in [5.41, 5.74) is 0. The average molecular weight is 771 g/mol. The lowest BCUT2D eigenvalue weighted by Gasteiger charge is -2.22. The number of rotatable bonds is 11. The highest BCUT2D eigenvalue weighted by Gasteiger charge is 2.33. The first-order valence-corrected chi connectivity index (χ1v) is 27.1. The molecule has 0 radical (unpaired) electrons. The third-order valence-corrected chi connectivity index (χ3v) is 27.6. The third kappa shape index (κ3) is 12.3. The molecule has 2 aliphatic heterocycles. The van der Waals surface area contributed by atoms with Crippen LogP contribution in [0.3, 0.4) is 0 Å². The first-order valence-electron chi connectivity index (χ1n) is 7.90. The molecule has 0 aliphatic carbocycles. The van der Waals surface area contributed by atoms with Gasteiger partial charge in [-0.2, -0.15) is 27.1 Å². The Kier molecular flexibility index (Phi) is 13.1. The van der Waals surface area contributed by atoms with Crippen LogP contribution in [-0.4, -0.2) is 39.5 Å². The molecule has 0 saturated carbocycles. The van der Waals surface area contributed by atoms with Crippen LogP contribution in [0.15, 0.2) is 27.1 Å². The summed E-state index contributed by atoms with van der Waals surface area (Å²) < 4.78 is 34.8. The molecule has 10 nitrogen and oxygen atoms in total. The fourth-order valence-electron chi connectivity index (χ4n) is 1.91. The number of halogens is 10. The molecular weight excluding hydrogens is 756 g/mol. The van der Waals surface area contributed by atoms with Crippen LogP contribution < -0.4 is 10.2 Å². The van der Waals surface area contributed by atoms with Crippen molar-refractivity contribution >= 4 is 149 Å². The molecule has 190 valence electrons. The van der Waals surface area contributed by atoms with Gasteiger partial charge in [0.1, 0.15) is 0 Å². The Morgan fingerprint density at radius 2 is 0.750 bits per heavy atom. The maximum Gasteiger partial charge on any atom is 0.257 e. The second-order valence-electron chi connectivity index (χ2n) is 5.45. The molecule has 0 spiro atoms. The van der Waals surface area contributed by atoms with Crippen LogP contribution in [0.5, 0.6) is 0 Å². The molecule has 2 unspecified atom stereocenters. The summed E-state index contributed by atoms with van der Waals surface area (Å²) in [6.07, 6.45) is 0. The molecule has 2 heterocycles. The molecule has 2 atom stereocenters. The van der Waals surface area contributed by atoms with Gasteiger partial charge < -0.3 is 9.47 Å². The fourth-order valence-corrected chi connectivity index (χ4v) is 36.2. The Bertz CT molecular complexity index is 943. The van der Waals surface area contributed by atoms with Crippen LogP contribution in [0.4, 0.5) is 0 Å². The van der Waals surface area contributed by atoms with E-state index in [1.54, 1.807) is 0 Å². The molecule has 0 amide bonds. The van der Waals surface area contributed by atoms with E-state index >= 15 is 0 Å². The minimum absolute atomic E-state index is 0.288. The Labute approximate surface area is 233 Å². The summed E-state index contributed by atoms with van der Waals surface area (Å²) in [5.74, 6) is -12.3. The maximum atomic E-state index is 6.33. The average Bonchev–Trinajstić information content (AvgIpc) is 2.49. The third-order valence-electron chi connectivity index (χ3n) is 2.83. The van der Waals surface area contributed by atoms with Gasteiger partial charge in [0.2, 0.25) is 13.4 Å². The summed E-state index contributed by atoms with van der Waals surface area (Å²) in [4.78, 5) is 0. The van der Waals surface area contributed by atoms with Gasteiger partial charge in [0, 0.05) is 13.1 Å². The smallest absolute Gasteiger partial charge is 0.257 e. The Morgan fingerprint density at radius 1 is 0.438 bits per heavy atom. The molecule has 0 aromatic heterocycles. The highest BCUT2D eigenvalue weighted by atomic mass is 35.9. The summed E-state index contributed by atoms with van der Waals surface area (Å²) in [7, 11) is 0. The zero-order valence-electron chi connectivity index (χ0n) is 15.2. The zero-order valence-corrected chi connectivity index (χ0v) is 28.1. The van der Waals surface area contributed by atoms with Crippen molar-refractivity contribution in [2.45, 2.75) is 0 Å². The van der Waals surface area contributed by atoms with E-state index in [2.05, 4.69) is 37.3 Å². The topological polar surface area (TPSA) is 117 Å². The van der Waals surface area contributed by atoms with Crippen molar-refractivity contribution in [2.75, 3.05) is 39.5 Å². The number of nitrogens with one attached hydrogen (secondary N) is 2. The zero-order chi connectivity index (χ0) is 24.3. The Hall–Kier alpha value is 4.12. The summed E-state index contributed by atoms with van der Waals surface area (Å²) in [5, 5.41) is 5.84. The molecule has 0 fully saturated rings. The monoisotopic (exact) mass is 766 g/mol. The first-order chi connectivity index (χ1) is 14.4. The fraction of sp³-hybridized carbons (Fsp3) is 1.00. The molecule has 0 saturated heterocycles. The van der Waals surface area contributed by atoms with E-state index in [4.69, 9.17) is 122 Å². The predicted octanol–water partition coefficient (Wildman–Crippen LogP) is 12.3. The van der Waals surface area contributed by atoms with E-state index in [0.717, 1.165) is 0 Å². The molecule has 2 aliphatic rings. The number of ether oxygens (including phenoxy) is 2. The van der Waals surface area contributed by atoms with E-state index in [1.165, 1.54) is 0 Å². The number of hydrogen-bond donors (Lipinski definition) is 2. The van der Waals surface area contributed by atoms with Crippen LogP contribution in [0.2, 0.25) is 0 Å². The SMILES string of the molecule is ClP1(Cl)=NP(Cl)(Cl)=NP(Cl)(NCCOCCOCCNP2(Cl)=NP(Cl)(Cl)=NP(Cl)(Cl)=N2)=N1. The predicted molar refractivity (Wildman–Crippen MR) is 152 cm³/mol. The Balaban J connectivity index is 1.64. The van der Waals surface area contributed by atoms with Gasteiger partial charge in [-0.15, -0.1) is 0 Å². The lowest BCUT2D eigenvalue weighted by Crippen LogP contribution is -2.18. The van der Waals surface area contributed by atoms with Crippen molar-refractivity contribution in [3.05, 3.63) is 0 Å². The van der Waals surface area contributed by atoms with Crippen molar-refractivity contribution < 1.29 is 9.47 Å². The van der Waals surface area contributed by atoms with E-state index < -0.39 is 37.1 Å². The standard InChI is InChI=1S/C6H14Cl10N8O2P6/c7-27(8)19-28(9,10)22-31(15,21-27)17-1-3-25-5-6-26-4-2-18-32(16)23-29(11,12)20-30(13,14)24-32/h17-18H,1-6H2. The van der Waals surface area contributed by atoms with Crippen LogP contribution in [-0.2, 0) is 9.47 Å². The van der Waals surface area contributed by atoms with Crippen molar-refractivity contribution in [3.8, 4) is 0 Å². The summed E-state index contributed by atoms with van der Waals surface area (Å²) in [6.45, 7) is -4.08. The minimum Gasteiger partial charge on any atom is -0.378 e. The van der Waals surface area contributed by atoms with Crippen molar-refractivity contribution in [2.24, 2.45) is 27.1 Å². The van der Waals surface area contributed by atoms with Crippen molar-refractivity contribution in [3.63, 3.8) is 0 Å². The molecule has 26 heteroatoms. The molecule has 0 aromatic rings. The Morgan fingerprint density at radius 3 is 1.06 bits per heavy atom. The van der Waals surface area contributed by atoms with Gasteiger partial charge in [-0.25, -0.2) is 0 Å². The molecule has 0 aromatic carbocycles. The second-order valence-corrected chi connectivity index (χ2v) is 32.3. The lowest BCUT2D eigenvalue weighted by molar-refractivity contribution is 0.0524.